The van der Waals surface area contributed by atoms with Crippen LogP contribution < -0.4 is 0 Å². The average molecular weight is 435 g/mol. The number of rotatable bonds is 4. The van der Waals surface area contributed by atoms with Gasteiger partial charge in [-0.2, -0.15) is 0 Å². The van der Waals surface area contributed by atoms with Gasteiger partial charge in [0.05, 0.1) is 19.1 Å². The third-order valence-corrected chi connectivity index (χ3v) is 9.32. The lowest BCUT2D eigenvalue weighted by Crippen LogP contribution is -2.70. The summed E-state index contributed by atoms with van der Waals surface area (Å²) in [5, 5.41) is 0. The van der Waals surface area contributed by atoms with E-state index in [9.17, 15) is 9.59 Å². The number of hydrogen-bond acceptors (Lipinski definition) is 7. The summed E-state index contributed by atoms with van der Waals surface area (Å²) < 4.78 is 29.6. The van der Waals surface area contributed by atoms with Crippen LogP contribution in [-0.4, -0.2) is 51.4 Å². The van der Waals surface area contributed by atoms with Gasteiger partial charge in [0, 0.05) is 37.2 Å². The van der Waals surface area contributed by atoms with Gasteiger partial charge in [-0.1, -0.05) is 13.3 Å². The summed E-state index contributed by atoms with van der Waals surface area (Å²) in [7, 11) is 3.10. The molecule has 7 heteroatoms. The molecule has 0 aromatic carbocycles. The number of carbonyl (C=O) groups excluding carboxylic acids is 2. The van der Waals surface area contributed by atoms with Gasteiger partial charge >= 0.3 is 11.9 Å². The highest BCUT2D eigenvalue weighted by Gasteiger charge is 2.72. The van der Waals surface area contributed by atoms with E-state index in [0.717, 1.165) is 37.7 Å². The van der Waals surface area contributed by atoms with E-state index in [1.165, 1.54) is 7.11 Å². The van der Waals surface area contributed by atoms with Crippen molar-refractivity contribution in [1.82, 2.24) is 0 Å². The van der Waals surface area contributed by atoms with E-state index in [2.05, 4.69) is 6.92 Å². The smallest absolute Gasteiger partial charge is 0.333 e. The number of methoxy groups -OCH3 is 2. The van der Waals surface area contributed by atoms with E-state index >= 15 is 0 Å². The van der Waals surface area contributed by atoms with Gasteiger partial charge in [0.1, 0.15) is 0 Å². The third kappa shape index (κ3) is 2.63. The van der Waals surface area contributed by atoms with Crippen LogP contribution in [0.25, 0.3) is 0 Å². The predicted octanol–water partition coefficient (Wildman–Crippen LogP) is 3.22. The summed E-state index contributed by atoms with van der Waals surface area (Å²) in [5.41, 5.74) is -0.00243. The first kappa shape index (κ1) is 21.4. The molecule has 0 aromatic rings. The molecule has 2 heterocycles. The molecule has 2 aliphatic heterocycles. The van der Waals surface area contributed by atoms with E-state index in [1.54, 1.807) is 13.2 Å². The minimum Gasteiger partial charge on any atom is -0.469 e. The molecule has 0 N–H and O–H groups in total. The van der Waals surface area contributed by atoms with Crippen molar-refractivity contribution in [2.45, 2.75) is 64.4 Å². The summed E-state index contributed by atoms with van der Waals surface area (Å²) in [6, 6.07) is 0. The van der Waals surface area contributed by atoms with Gasteiger partial charge in [-0.05, 0) is 56.3 Å². The van der Waals surface area contributed by atoms with Gasteiger partial charge in [-0.3, -0.25) is 4.79 Å². The molecule has 172 valence electrons. The maximum atomic E-state index is 13.1. The van der Waals surface area contributed by atoms with Crippen LogP contribution in [0.4, 0.5) is 0 Å². The predicted molar refractivity (Wildman–Crippen MR) is 109 cm³/mol. The van der Waals surface area contributed by atoms with E-state index < -0.39 is 11.2 Å². The molecule has 5 rings (SSSR count). The minimum atomic E-state index is -1.02. The first-order valence-electron chi connectivity index (χ1n) is 11.7. The second kappa shape index (κ2) is 7.29. The first-order valence-corrected chi connectivity index (χ1v) is 11.7. The van der Waals surface area contributed by atoms with Crippen LogP contribution >= 0.6 is 0 Å². The molecule has 3 aliphatic carbocycles. The Morgan fingerprint density at radius 2 is 2.06 bits per heavy atom. The number of hydrogen-bond donors (Lipinski definition) is 0. The summed E-state index contributed by atoms with van der Waals surface area (Å²) in [6.07, 6.45) is 6.42. The molecular formula is C24H34O7. The van der Waals surface area contributed by atoms with Gasteiger partial charge in [-0.25, -0.2) is 4.79 Å². The fourth-order valence-corrected chi connectivity index (χ4v) is 8.22. The van der Waals surface area contributed by atoms with Crippen molar-refractivity contribution < 1.29 is 33.3 Å². The molecule has 0 aromatic heterocycles. The van der Waals surface area contributed by atoms with Crippen molar-refractivity contribution in [2.24, 2.45) is 34.5 Å². The van der Waals surface area contributed by atoms with Gasteiger partial charge in [-0.15, -0.1) is 0 Å². The lowest BCUT2D eigenvalue weighted by atomic mass is 9.40. The summed E-state index contributed by atoms with van der Waals surface area (Å²) in [6.45, 7) is 5.07. The molecule has 2 unspecified atom stereocenters. The maximum Gasteiger partial charge on any atom is 0.333 e. The zero-order chi connectivity index (χ0) is 22.0. The molecule has 31 heavy (non-hydrogen) atoms. The molecule has 1 saturated heterocycles. The lowest BCUT2D eigenvalue weighted by molar-refractivity contribution is -0.342. The van der Waals surface area contributed by atoms with Crippen LogP contribution in [0.2, 0.25) is 0 Å². The molecule has 0 amide bonds. The SMILES string of the molecule is CCOC1OC[C@]2(C(=O)OC)CCCC13[C@H]2CC[C@H]1[C@@H](C)C2=CC(=O)O[C@]2(OC)C[C@@H]13. The average Bonchev–Trinajstić information content (AvgIpc) is 3.12. The molecule has 3 saturated carbocycles. The van der Waals surface area contributed by atoms with Crippen molar-refractivity contribution >= 4 is 11.9 Å². The van der Waals surface area contributed by atoms with E-state index in [4.69, 9.17) is 23.7 Å². The van der Waals surface area contributed by atoms with Crippen molar-refractivity contribution in [1.29, 1.82) is 0 Å². The van der Waals surface area contributed by atoms with Crippen LogP contribution in [0.15, 0.2) is 11.6 Å². The molecule has 0 radical (unpaired) electrons. The Labute approximate surface area is 183 Å². The Morgan fingerprint density at radius 1 is 1.26 bits per heavy atom. The monoisotopic (exact) mass is 434 g/mol. The highest BCUT2D eigenvalue weighted by Crippen LogP contribution is 2.70. The van der Waals surface area contributed by atoms with Crippen LogP contribution in [0.5, 0.6) is 0 Å². The van der Waals surface area contributed by atoms with Crippen LogP contribution in [-0.2, 0) is 33.3 Å². The molecule has 2 bridgehead atoms. The lowest BCUT2D eigenvalue weighted by Gasteiger charge is -2.67. The Bertz CT molecular complexity index is 808. The quantitative estimate of drug-likeness (QED) is 0.629. The number of ether oxygens (including phenoxy) is 5. The second-order valence-electron chi connectivity index (χ2n) is 10.1. The summed E-state index contributed by atoms with van der Waals surface area (Å²) in [5.74, 6) is -0.716. The zero-order valence-electron chi connectivity index (χ0n) is 19.0. The van der Waals surface area contributed by atoms with Crippen molar-refractivity contribution in [2.75, 3.05) is 27.4 Å². The van der Waals surface area contributed by atoms with Gasteiger partial charge < -0.3 is 23.7 Å². The molecular weight excluding hydrogens is 400 g/mol. The summed E-state index contributed by atoms with van der Waals surface area (Å²) in [4.78, 5) is 25.4. The fourth-order valence-electron chi connectivity index (χ4n) is 8.22. The van der Waals surface area contributed by atoms with Crippen molar-refractivity contribution in [3.05, 3.63) is 11.6 Å². The van der Waals surface area contributed by atoms with Crippen molar-refractivity contribution in [3.8, 4) is 0 Å². The van der Waals surface area contributed by atoms with Crippen molar-refractivity contribution in [3.63, 3.8) is 0 Å². The van der Waals surface area contributed by atoms with Crippen LogP contribution in [0.1, 0.15) is 52.4 Å². The van der Waals surface area contributed by atoms with Gasteiger partial charge in [0.25, 0.3) is 0 Å². The Balaban J connectivity index is 1.63. The zero-order valence-corrected chi connectivity index (χ0v) is 19.0. The second-order valence-corrected chi connectivity index (χ2v) is 10.1. The van der Waals surface area contributed by atoms with Crippen LogP contribution in [0, 0.1) is 34.5 Å². The molecule has 0 spiro atoms. The van der Waals surface area contributed by atoms with E-state index in [0.29, 0.717) is 25.6 Å². The molecule has 8 atom stereocenters. The maximum absolute atomic E-state index is 13.1. The topological polar surface area (TPSA) is 80.3 Å². The Kier molecular flexibility index (Phi) is 5.03. The van der Waals surface area contributed by atoms with Gasteiger partial charge in [0.15, 0.2) is 6.29 Å². The molecule has 4 fully saturated rings. The largest absolute Gasteiger partial charge is 0.469 e. The van der Waals surface area contributed by atoms with E-state index in [1.807, 2.05) is 6.92 Å². The molecule has 5 aliphatic rings. The Hall–Kier alpha value is -1.44. The van der Waals surface area contributed by atoms with Crippen LogP contribution in [0.3, 0.4) is 0 Å². The minimum absolute atomic E-state index is 0.122. The Morgan fingerprint density at radius 3 is 2.77 bits per heavy atom. The standard InChI is InChI=1S/C24H34O7/c1-5-29-21-23-10-6-9-22(13-30-21,20(26)27-3)18(23)8-7-15-14(2)16-11-19(25)31-24(16,28-4)12-17(15)23/h11,14-15,17-18,21H,5-10,12-13H2,1-4H3/t14-,15+,17+,18+,21?,22-,23?,24-/m1/s1. The van der Waals surface area contributed by atoms with Gasteiger partial charge in [0.2, 0.25) is 5.79 Å². The summed E-state index contributed by atoms with van der Waals surface area (Å²) >= 11 is 0. The number of fused-ring (bicyclic) bond motifs is 2. The number of carbonyl (C=O) groups is 2. The van der Waals surface area contributed by atoms with E-state index in [-0.39, 0.29) is 41.4 Å². The first-order chi connectivity index (χ1) is 14.9. The molecule has 7 nitrogen and oxygen atoms in total. The third-order valence-electron chi connectivity index (χ3n) is 9.32. The highest BCUT2D eigenvalue weighted by atomic mass is 16.7. The highest BCUT2D eigenvalue weighted by molar-refractivity contribution is 5.86. The number of esters is 2. The fraction of sp³-hybridized carbons (Fsp3) is 0.833. The normalized spacial score (nSPS) is 48.1.